The molecule has 25 heavy (non-hydrogen) atoms. The minimum atomic E-state index is 0.243. The summed E-state index contributed by atoms with van der Waals surface area (Å²) in [5.41, 5.74) is 4.71. The molecular weight excluding hydrogens is 314 g/mol. The minimum absolute atomic E-state index is 0.243. The summed E-state index contributed by atoms with van der Waals surface area (Å²) in [6.07, 6.45) is 9.37. The Morgan fingerprint density at radius 3 is 2.56 bits per heavy atom. The Morgan fingerprint density at radius 2 is 1.88 bits per heavy atom. The third-order valence-corrected chi connectivity index (χ3v) is 4.47. The molecule has 0 unspecified atom stereocenters. The van der Waals surface area contributed by atoms with E-state index in [9.17, 15) is 0 Å². The van der Waals surface area contributed by atoms with E-state index in [1.807, 2.05) is 48.4 Å². The summed E-state index contributed by atoms with van der Waals surface area (Å²) in [4.78, 5) is 8.86. The smallest absolute Gasteiger partial charge is 0.131 e. The second kappa shape index (κ2) is 7.11. The van der Waals surface area contributed by atoms with Gasteiger partial charge in [-0.1, -0.05) is 17.3 Å². The Kier molecular flexibility index (Phi) is 4.52. The van der Waals surface area contributed by atoms with E-state index >= 15 is 0 Å². The molecule has 0 spiro atoms. The Balaban J connectivity index is 1.47. The molecule has 0 saturated carbocycles. The Bertz CT molecular complexity index is 820. The van der Waals surface area contributed by atoms with Crippen LogP contribution in [0, 0.1) is 6.92 Å². The first kappa shape index (κ1) is 15.9. The molecule has 4 rings (SSSR count). The summed E-state index contributed by atoms with van der Waals surface area (Å²) in [7, 11) is 0. The fourth-order valence-electron chi connectivity index (χ4n) is 3.02. The molecule has 0 amide bonds. The predicted molar refractivity (Wildman–Crippen MR) is 94.8 cm³/mol. The van der Waals surface area contributed by atoms with E-state index in [0.29, 0.717) is 0 Å². The maximum Gasteiger partial charge on any atom is 0.131 e. The summed E-state index contributed by atoms with van der Waals surface area (Å²) in [6.45, 7) is 3.58. The summed E-state index contributed by atoms with van der Waals surface area (Å²) in [5, 5.41) is 8.46. The molecule has 6 heteroatoms. The largest absolute Gasteiger partial charge is 0.376 e. The van der Waals surface area contributed by atoms with Gasteiger partial charge in [-0.3, -0.25) is 9.97 Å². The first-order valence-electron chi connectivity index (χ1n) is 8.69. The molecule has 0 N–H and O–H groups in total. The van der Waals surface area contributed by atoms with Gasteiger partial charge < -0.3 is 4.74 Å². The highest BCUT2D eigenvalue weighted by atomic mass is 16.5. The fraction of sp³-hybridized carbons (Fsp3) is 0.368. The Labute approximate surface area is 146 Å². The van der Waals surface area contributed by atoms with E-state index in [0.717, 1.165) is 54.2 Å². The van der Waals surface area contributed by atoms with Crippen molar-refractivity contribution in [1.82, 2.24) is 25.0 Å². The normalized spacial score (nSPS) is 17.6. The molecule has 0 radical (unpaired) electrons. The average Bonchev–Trinajstić information content (AvgIpc) is 3.12. The zero-order chi connectivity index (χ0) is 17.1. The van der Waals surface area contributed by atoms with Crippen molar-refractivity contribution in [1.29, 1.82) is 0 Å². The number of nitrogens with zero attached hydrogens (tertiary/aromatic N) is 5. The van der Waals surface area contributed by atoms with Crippen molar-refractivity contribution in [3.05, 3.63) is 48.5 Å². The van der Waals surface area contributed by atoms with Crippen LogP contribution >= 0.6 is 0 Å². The van der Waals surface area contributed by atoms with Crippen LogP contribution < -0.4 is 0 Å². The molecule has 1 atom stereocenters. The SMILES string of the molecule is Cc1ccc(-c2ccc(-c3cn(C[C@H]4CCCCO4)nn3)nc2)cn1. The lowest BCUT2D eigenvalue weighted by molar-refractivity contribution is 0.00370. The molecule has 0 bridgehead atoms. The number of aryl methyl sites for hydroxylation is 1. The molecule has 128 valence electrons. The summed E-state index contributed by atoms with van der Waals surface area (Å²) >= 11 is 0. The third kappa shape index (κ3) is 3.74. The molecule has 3 aromatic heterocycles. The van der Waals surface area contributed by atoms with Crippen LogP contribution in [0.15, 0.2) is 42.9 Å². The number of hydrogen-bond acceptors (Lipinski definition) is 5. The molecule has 0 aromatic carbocycles. The summed E-state index contributed by atoms with van der Waals surface area (Å²) in [6, 6.07) is 8.07. The summed E-state index contributed by atoms with van der Waals surface area (Å²) < 4.78 is 7.61. The van der Waals surface area contributed by atoms with E-state index in [-0.39, 0.29) is 6.10 Å². The molecule has 1 fully saturated rings. The summed E-state index contributed by atoms with van der Waals surface area (Å²) in [5.74, 6) is 0. The molecule has 1 aliphatic heterocycles. The first-order valence-corrected chi connectivity index (χ1v) is 8.69. The topological polar surface area (TPSA) is 65.7 Å². The molecule has 1 saturated heterocycles. The van der Waals surface area contributed by atoms with Gasteiger partial charge in [0.25, 0.3) is 0 Å². The van der Waals surface area contributed by atoms with Crippen LogP contribution in [0.1, 0.15) is 25.0 Å². The zero-order valence-electron chi connectivity index (χ0n) is 14.3. The van der Waals surface area contributed by atoms with Gasteiger partial charge in [-0.2, -0.15) is 0 Å². The van der Waals surface area contributed by atoms with Crippen LogP contribution in [0.25, 0.3) is 22.5 Å². The van der Waals surface area contributed by atoms with Gasteiger partial charge in [0, 0.05) is 35.8 Å². The number of aromatic nitrogens is 5. The van der Waals surface area contributed by atoms with Crippen molar-refractivity contribution < 1.29 is 4.74 Å². The average molecular weight is 335 g/mol. The van der Waals surface area contributed by atoms with E-state index in [4.69, 9.17) is 4.74 Å². The van der Waals surface area contributed by atoms with Gasteiger partial charge in [0.05, 0.1) is 24.5 Å². The maximum atomic E-state index is 5.76. The lowest BCUT2D eigenvalue weighted by Crippen LogP contribution is -2.24. The number of rotatable bonds is 4. The molecule has 6 nitrogen and oxygen atoms in total. The third-order valence-electron chi connectivity index (χ3n) is 4.47. The van der Waals surface area contributed by atoms with Gasteiger partial charge in [0.2, 0.25) is 0 Å². The highest BCUT2D eigenvalue weighted by Crippen LogP contribution is 2.21. The lowest BCUT2D eigenvalue weighted by atomic mass is 10.1. The lowest BCUT2D eigenvalue weighted by Gasteiger charge is -2.21. The van der Waals surface area contributed by atoms with Crippen LogP contribution in [-0.4, -0.2) is 37.7 Å². The predicted octanol–water partition coefficient (Wildman–Crippen LogP) is 3.28. The fourth-order valence-corrected chi connectivity index (χ4v) is 3.02. The van der Waals surface area contributed by atoms with Gasteiger partial charge in [-0.15, -0.1) is 5.10 Å². The van der Waals surface area contributed by atoms with Crippen molar-refractivity contribution in [3.63, 3.8) is 0 Å². The molecule has 3 aromatic rings. The number of ether oxygens (including phenoxy) is 1. The zero-order valence-corrected chi connectivity index (χ0v) is 14.3. The number of pyridine rings is 2. The Morgan fingerprint density at radius 1 is 1.04 bits per heavy atom. The molecule has 1 aliphatic rings. The number of hydrogen-bond donors (Lipinski definition) is 0. The van der Waals surface area contributed by atoms with Gasteiger partial charge in [0.1, 0.15) is 5.69 Å². The van der Waals surface area contributed by atoms with Crippen LogP contribution in [0.2, 0.25) is 0 Å². The van der Waals surface area contributed by atoms with Crippen molar-refractivity contribution in [2.75, 3.05) is 6.61 Å². The van der Waals surface area contributed by atoms with Crippen molar-refractivity contribution >= 4 is 0 Å². The van der Waals surface area contributed by atoms with E-state index < -0.39 is 0 Å². The van der Waals surface area contributed by atoms with Gasteiger partial charge in [0.15, 0.2) is 0 Å². The van der Waals surface area contributed by atoms with E-state index in [2.05, 4.69) is 26.3 Å². The maximum absolute atomic E-state index is 5.76. The second-order valence-electron chi connectivity index (χ2n) is 6.43. The van der Waals surface area contributed by atoms with E-state index in [1.54, 1.807) is 0 Å². The highest BCUT2D eigenvalue weighted by Gasteiger charge is 2.15. The van der Waals surface area contributed by atoms with Crippen molar-refractivity contribution in [2.24, 2.45) is 0 Å². The quantitative estimate of drug-likeness (QED) is 0.732. The first-order chi connectivity index (χ1) is 12.3. The van der Waals surface area contributed by atoms with Crippen molar-refractivity contribution in [2.45, 2.75) is 38.8 Å². The van der Waals surface area contributed by atoms with Crippen molar-refractivity contribution in [3.8, 4) is 22.5 Å². The standard InChI is InChI=1S/C19H21N5O/c1-14-5-6-15(10-20-14)16-7-8-18(21-11-16)19-13-24(23-22-19)12-17-4-2-3-9-25-17/h5-8,10-11,13,17H,2-4,9,12H2,1H3/t17-/m1/s1. The Hall–Kier alpha value is -2.60. The monoisotopic (exact) mass is 335 g/mol. The molecule has 4 heterocycles. The van der Waals surface area contributed by atoms with Gasteiger partial charge in [-0.05, 0) is 38.3 Å². The van der Waals surface area contributed by atoms with Gasteiger partial charge >= 0.3 is 0 Å². The van der Waals surface area contributed by atoms with E-state index in [1.165, 1.54) is 6.42 Å². The highest BCUT2D eigenvalue weighted by molar-refractivity contribution is 5.64. The van der Waals surface area contributed by atoms with Crippen LogP contribution in [0.4, 0.5) is 0 Å². The van der Waals surface area contributed by atoms with Crippen LogP contribution in [0.3, 0.4) is 0 Å². The van der Waals surface area contributed by atoms with Crippen LogP contribution in [-0.2, 0) is 11.3 Å². The van der Waals surface area contributed by atoms with Crippen LogP contribution in [0.5, 0.6) is 0 Å². The molecular formula is C19H21N5O. The second-order valence-corrected chi connectivity index (χ2v) is 6.43. The molecule has 0 aliphatic carbocycles. The minimum Gasteiger partial charge on any atom is -0.376 e. The van der Waals surface area contributed by atoms with Gasteiger partial charge in [-0.25, -0.2) is 4.68 Å².